The van der Waals surface area contributed by atoms with E-state index >= 15 is 0 Å². The molecule has 0 aliphatic heterocycles. The van der Waals surface area contributed by atoms with E-state index in [0.717, 1.165) is 47.6 Å². The summed E-state index contributed by atoms with van der Waals surface area (Å²) >= 11 is 0. The molecule has 2 aromatic carbocycles. The molecule has 0 radical (unpaired) electrons. The number of rotatable bonds is 9. The molecule has 0 fully saturated rings. The van der Waals surface area contributed by atoms with E-state index in [0.29, 0.717) is 13.0 Å². The first-order chi connectivity index (χ1) is 13.5. The van der Waals surface area contributed by atoms with Crippen LogP contribution >= 0.6 is 0 Å². The second-order valence-corrected chi connectivity index (χ2v) is 7.22. The predicted molar refractivity (Wildman–Crippen MR) is 112 cm³/mol. The predicted octanol–water partition coefficient (Wildman–Crippen LogP) is 2.92. The summed E-state index contributed by atoms with van der Waals surface area (Å²) in [6.07, 6.45) is 2.06. The number of likely N-dealkylation sites (N-methyl/N-ethyl adjacent to an activating group) is 1. The smallest absolute Gasteiger partial charge is 0.224 e. The second kappa shape index (κ2) is 9.37. The molecule has 2 N–H and O–H groups in total. The Morgan fingerprint density at radius 2 is 2.04 bits per heavy atom. The molecule has 0 spiro atoms. The number of fused-ring (bicyclic) bond motifs is 1. The molecule has 1 heterocycles. The number of ether oxygens (including phenoxy) is 1. The number of nitrogens with zero attached hydrogens (tertiary/aromatic N) is 2. The highest BCUT2D eigenvalue weighted by molar-refractivity contribution is 5.81. The summed E-state index contributed by atoms with van der Waals surface area (Å²) in [6, 6.07) is 14.1. The fraction of sp³-hybridized carbons (Fsp3) is 0.364. The van der Waals surface area contributed by atoms with Crippen molar-refractivity contribution in [2.24, 2.45) is 0 Å². The molecular weight excluding hydrogens is 352 g/mol. The lowest BCUT2D eigenvalue weighted by molar-refractivity contribution is -0.119. The van der Waals surface area contributed by atoms with Crippen molar-refractivity contribution in [3.63, 3.8) is 0 Å². The largest absolute Gasteiger partial charge is 0.494 e. The van der Waals surface area contributed by atoms with Crippen molar-refractivity contribution in [3.8, 4) is 5.75 Å². The molecule has 0 aliphatic carbocycles. The fourth-order valence-electron chi connectivity index (χ4n) is 3.13. The van der Waals surface area contributed by atoms with Gasteiger partial charge in [0.2, 0.25) is 5.91 Å². The number of carbonyl (C=O) groups excluding carboxylic acids is 1. The number of aryl methyl sites for hydroxylation is 1. The van der Waals surface area contributed by atoms with Crippen LogP contribution in [0.2, 0.25) is 0 Å². The van der Waals surface area contributed by atoms with E-state index in [4.69, 9.17) is 4.74 Å². The molecule has 0 unspecified atom stereocenters. The Labute approximate surface area is 165 Å². The number of imidazole rings is 1. The fourth-order valence-corrected chi connectivity index (χ4v) is 3.13. The Kier molecular flexibility index (Phi) is 6.66. The van der Waals surface area contributed by atoms with E-state index in [2.05, 4.69) is 46.4 Å². The minimum atomic E-state index is 0.00177. The zero-order valence-electron chi connectivity index (χ0n) is 16.8. The van der Waals surface area contributed by atoms with Crippen molar-refractivity contribution in [2.75, 3.05) is 27.7 Å². The Bertz CT molecular complexity index is 933. The number of H-pyrrole nitrogens is 1. The third-order valence-corrected chi connectivity index (χ3v) is 4.46. The van der Waals surface area contributed by atoms with Gasteiger partial charge in [-0.3, -0.25) is 4.79 Å². The second-order valence-electron chi connectivity index (χ2n) is 7.22. The average molecular weight is 380 g/mol. The zero-order valence-corrected chi connectivity index (χ0v) is 16.8. The van der Waals surface area contributed by atoms with Gasteiger partial charge >= 0.3 is 0 Å². The van der Waals surface area contributed by atoms with E-state index in [1.54, 1.807) is 7.05 Å². The molecule has 0 saturated heterocycles. The molecule has 1 amide bonds. The van der Waals surface area contributed by atoms with Crippen LogP contribution < -0.4 is 10.1 Å². The SMILES string of the molecule is CNC(=O)Cc1ccc2[nH]c(CCCOc3cccc(CN(C)C)c3)nc2c1. The first-order valence-corrected chi connectivity index (χ1v) is 9.58. The lowest BCUT2D eigenvalue weighted by Crippen LogP contribution is -2.19. The number of amides is 1. The first kappa shape index (κ1) is 19.9. The summed E-state index contributed by atoms with van der Waals surface area (Å²) in [6.45, 7) is 1.54. The zero-order chi connectivity index (χ0) is 19.9. The topological polar surface area (TPSA) is 70.2 Å². The summed E-state index contributed by atoms with van der Waals surface area (Å²) in [4.78, 5) is 21.7. The number of benzene rings is 2. The van der Waals surface area contributed by atoms with Gasteiger partial charge in [0.1, 0.15) is 11.6 Å². The minimum Gasteiger partial charge on any atom is -0.494 e. The number of hydrogen-bond donors (Lipinski definition) is 2. The van der Waals surface area contributed by atoms with E-state index in [1.165, 1.54) is 5.56 Å². The first-order valence-electron chi connectivity index (χ1n) is 9.58. The number of carbonyl (C=O) groups is 1. The highest BCUT2D eigenvalue weighted by atomic mass is 16.5. The number of aromatic amines is 1. The van der Waals surface area contributed by atoms with Crippen LogP contribution in [0.25, 0.3) is 11.0 Å². The average Bonchev–Trinajstić information content (AvgIpc) is 3.07. The van der Waals surface area contributed by atoms with Crippen LogP contribution in [0.1, 0.15) is 23.4 Å². The Morgan fingerprint density at radius 3 is 2.82 bits per heavy atom. The molecule has 1 aromatic heterocycles. The highest BCUT2D eigenvalue weighted by Crippen LogP contribution is 2.17. The van der Waals surface area contributed by atoms with E-state index in [1.807, 2.05) is 30.3 Å². The van der Waals surface area contributed by atoms with E-state index < -0.39 is 0 Å². The Hall–Kier alpha value is -2.86. The number of hydrogen-bond acceptors (Lipinski definition) is 4. The highest BCUT2D eigenvalue weighted by Gasteiger charge is 2.07. The molecule has 0 aliphatic rings. The summed E-state index contributed by atoms with van der Waals surface area (Å²) in [5.74, 6) is 1.85. The molecule has 3 aromatic rings. The molecule has 148 valence electrons. The molecule has 0 atom stereocenters. The van der Waals surface area contributed by atoms with E-state index in [-0.39, 0.29) is 5.91 Å². The maximum atomic E-state index is 11.5. The van der Waals surface area contributed by atoms with Gasteiger partial charge in [-0.25, -0.2) is 4.98 Å². The van der Waals surface area contributed by atoms with Gasteiger partial charge in [-0.1, -0.05) is 18.2 Å². The monoisotopic (exact) mass is 380 g/mol. The minimum absolute atomic E-state index is 0.00177. The quantitative estimate of drug-likeness (QED) is 0.560. The van der Waals surface area contributed by atoms with Crippen molar-refractivity contribution in [2.45, 2.75) is 25.8 Å². The third-order valence-electron chi connectivity index (χ3n) is 4.46. The van der Waals surface area contributed by atoms with Crippen LogP contribution in [0, 0.1) is 0 Å². The van der Waals surface area contributed by atoms with Gasteiger partial charge < -0.3 is 19.9 Å². The Balaban J connectivity index is 1.52. The molecular formula is C22H28N4O2. The summed E-state index contributed by atoms with van der Waals surface area (Å²) in [7, 11) is 5.76. The van der Waals surface area contributed by atoms with E-state index in [9.17, 15) is 4.79 Å². The molecule has 3 rings (SSSR count). The van der Waals surface area contributed by atoms with Crippen molar-refractivity contribution in [1.29, 1.82) is 0 Å². The maximum Gasteiger partial charge on any atom is 0.224 e. The van der Waals surface area contributed by atoms with Gasteiger partial charge in [0, 0.05) is 20.0 Å². The van der Waals surface area contributed by atoms with Crippen LogP contribution in [-0.2, 0) is 24.2 Å². The number of nitrogens with one attached hydrogen (secondary N) is 2. The van der Waals surface area contributed by atoms with Crippen molar-refractivity contribution in [3.05, 3.63) is 59.4 Å². The van der Waals surface area contributed by atoms with Gasteiger partial charge in [-0.2, -0.15) is 0 Å². The van der Waals surface area contributed by atoms with Crippen molar-refractivity contribution >= 4 is 16.9 Å². The van der Waals surface area contributed by atoms with Crippen LogP contribution in [0.15, 0.2) is 42.5 Å². The normalized spacial score (nSPS) is 11.1. The van der Waals surface area contributed by atoms with Gasteiger partial charge in [-0.15, -0.1) is 0 Å². The molecule has 6 nitrogen and oxygen atoms in total. The maximum absolute atomic E-state index is 11.5. The van der Waals surface area contributed by atoms with Gasteiger partial charge in [0.15, 0.2) is 0 Å². The lowest BCUT2D eigenvalue weighted by atomic mass is 10.1. The van der Waals surface area contributed by atoms with Crippen LogP contribution in [0.4, 0.5) is 0 Å². The van der Waals surface area contributed by atoms with Crippen molar-refractivity contribution < 1.29 is 9.53 Å². The summed E-state index contributed by atoms with van der Waals surface area (Å²) in [5, 5.41) is 2.64. The van der Waals surface area contributed by atoms with Crippen LogP contribution in [-0.4, -0.2) is 48.5 Å². The summed E-state index contributed by atoms with van der Waals surface area (Å²) < 4.78 is 5.89. The molecule has 28 heavy (non-hydrogen) atoms. The summed E-state index contributed by atoms with van der Waals surface area (Å²) in [5.41, 5.74) is 4.10. The van der Waals surface area contributed by atoms with Crippen molar-refractivity contribution in [1.82, 2.24) is 20.2 Å². The van der Waals surface area contributed by atoms with Crippen LogP contribution in [0.3, 0.4) is 0 Å². The molecule has 6 heteroatoms. The van der Waals surface area contributed by atoms with Gasteiger partial charge in [0.05, 0.1) is 24.1 Å². The Morgan fingerprint density at radius 1 is 1.18 bits per heavy atom. The van der Waals surface area contributed by atoms with Crippen LogP contribution in [0.5, 0.6) is 5.75 Å². The molecule has 0 bridgehead atoms. The van der Waals surface area contributed by atoms with Gasteiger partial charge in [0.25, 0.3) is 0 Å². The van der Waals surface area contributed by atoms with Gasteiger partial charge in [-0.05, 0) is 55.9 Å². The standard InChI is InChI=1S/C22H28N4O2/c1-23-22(27)14-16-9-10-19-20(13-16)25-21(24-19)8-5-11-28-18-7-4-6-17(12-18)15-26(2)3/h4,6-7,9-10,12-13H,5,8,11,14-15H2,1-3H3,(H,23,27)(H,24,25). The lowest BCUT2D eigenvalue weighted by Gasteiger charge is -2.11. The number of aromatic nitrogens is 2. The molecule has 0 saturated carbocycles. The third kappa shape index (κ3) is 5.57.